The second-order valence-electron chi connectivity index (χ2n) is 4.15. The van der Waals surface area contributed by atoms with Gasteiger partial charge in [0, 0.05) is 13.2 Å². The van der Waals surface area contributed by atoms with E-state index in [1.54, 1.807) is 0 Å². The fourth-order valence-corrected chi connectivity index (χ4v) is 1.45. The minimum absolute atomic E-state index is 0.00194. The van der Waals surface area contributed by atoms with Crippen LogP contribution in [0.15, 0.2) is 12.1 Å². The number of carbonyl (C=O) groups excluding carboxylic acids is 1. The Morgan fingerprint density at radius 3 is 2.78 bits per heavy atom. The van der Waals surface area contributed by atoms with Gasteiger partial charge in [-0.3, -0.25) is 4.79 Å². The minimum atomic E-state index is -1.05. The Morgan fingerprint density at radius 1 is 1.50 bits per heavy atom. The van der Waals surface area contributed by atoms with Crippen molar-refractivity contribution in [3.8, 4) is 0 Å². The van der Waals surface area contributed by atoms with Crippen LogP contribution in [-0.2, 0) is 0 Å². The topological polar surface area (TPSA) is 75.3 Å². The molecule has 0 fully saturated rings. The van der Waals surface area contributed by atoms with Gasteiger partial charge in [0.2, 0.25) is 0 Å². The van der Waals surface area contributed by atoms with Gasteiger partial charge in [-0.25, -0.2) is 8.78 Å². The second kappa shape index (κ2) is 6.30. The zero-order valence-electron chi connectivity index (χ0n) is 10.0. The quantitative estimate of drug-likeness (QED) is 0.697. The van der Waals surface area contributed by atoms with E-state index in [-0.39, 0.29) is 24.8 Å². The normalized spacial score (nSPS) is 12.2. The number of nitrogens with two attached hydrogens (primary N) is 1. The summed E-state index contributed by atoms with van der Waals surface area (Å²) in [5.41, 5.74) is 4.33. The summed E-state index contributed by atoms with van der Waals surface area (Å²) in [4.78, 5) is 11.6. The molecule has 18 heavy (non-hydrogen) atoms. The van der Waals surface area contributed by atoms with Crippen LogP contribution in [0.3, 0.4) is 0 Å². The number of rotatable bonds is 5. The first kappa shape index (κ1) is 14.4. The van der Waals surface area contributed by atoms with Crippen LogP contribution in [0.1, 0.15) is 23.7 Å². The summed E-state index contributed by atoms with van der Waals surface area (Å²) in [5, 5.41) is 11.1. The molecule has 0 saturated carbocycles. The molecule has 0 spiro atoms. The lowest BCUT2D eigenvalue weighted by molar-refractivity contribution is 0.0937. The maximum absolute atomic E-state index is 13.5. The van der Waals surface area contributed by atoms with E-state index in [1.807, 2.05) is 6.92 Å². The van der Waals surface area contributed by atoms with Crippen LogP contribution in [0.2, 0.25) is 0 Å². The molecule has 0 heterocycles. The number of aliphatic hydroxyl groups excluding tert-OH is 1. The SMILES string of the molecule is CC(CCO)CNC(=O)c1c(F)ccc(N)c1F. The number of hydrogen-bond acceptors (Lipinski definition) is 3. The van der Waals surface area contributed by atoms with Crippen LogP contribution in [0.4, 0.5) is 14.5 Å². The monoisotopic (exact) mass is 258 g/mol. The number of nitrogen functional groups attached to an aromatic ring is 1. The van der Waals surface area contributed by atoms with Gasteiger partial charge in [0.15, 0.2) is 5.82 Å². The summed E-state index contributed by atoms with van der Waals surface area (Å²) in [6.45, 7) is 2.04. The highest BCUT2D eigenvalue weighted by atomic mass is 19.1. The molecule has 0 aliphatic rings. The van der Waals surface area contributed by atoms with Crippen molar-refractivity contribution in [2.75, 3.05) is 18.9 Å². The molecular weight excluding hydrogens is 242 g/mol. The largest absolute Gasteiger partial charge is 0.396 e. The predicted octanol–water partition coefficient (Wildman–Crippen LogP) is 1.30. The number of halogens is 2. The number of carbonyl (C=O) groups is 1. The van der Waals surface area contributed by atoms with E-state index in [0.29, 0.717) is 6.42 Å². The van der Waals surface area contributed by atoms with E-state index in [0.717, 1.165) is 12.1 Å². The van der Waals surface area contributed by atoms with Gasteiger partial charge >= 0.3 is 0 Å². The van der Waals surface area contributed by atoms with Crippen molar-refractivity contribution in [1.82, 2.24) is 5.32 Å². The van der Waals surface area contributed by atoms with Crippen LogP contribution < -0.4 is 11.1 Å². The van der Waals surface area contributed by atoms with E-state index >= 15 is 0 Å². The van der Waals surface area contributed by atoms with E-state index < -0.39 is 23.1 Å². The van der Waals surface area contributed by atoms with Crippen molar-refractivity contribution >= 4 is 11.6 Å². The molecule has 4 nitrogen and oxygen atoms in total. The summed E-state index contributed by atoms with van der Waals surface area (Å²) in [5.74, 6) is -2.83. The molecule has 1 unspecified atom stereocenters. The number of amides is 1. The molecule has 0 aliphatic heterocycles. The number of hydrogen-bond donors (Lipinski definition) is 3. The first-order chi connectivity index (χ1) is 8.47. The molecule has 1 aromatic rings. The number of nitrogens with one attached hydrogen (secondary N) is 1. The summed E-state index contributed by atoms with van der Waals surface area (Å²) in [7, 11) is 0. The Balaban J connectivity index is 2.76. The van der Waals surface area contributed by atoms with Gasteiger partial charge in [0.25, 0.3) is 5.91 Å². The van der Waals surface area contributed by atoms with Crippen LogP contribution in [0, 0.1) is 17.6 Å². The Kier molecular flexibility index (Phi) is 5.03. The van der Waals surface area contributed by atoms with Gasteiger partial charge in [0.05, 0.1) is 5.69 Å². The summed E-state index contributed by atoms with van der Waals surface area (Å²) < 4.78 is 26.9. The fraction of sp³-hybridized carbons (Fsp3) is 0.417. The lowest BCUT2D eigenvalue weighted by Gasteiger charge is -2.12. The molecule has 1 amide bonds. The van der Waals surface area contributed by atoms with Crippen LogP contribution in [-0.4, -0.2) is 24.2 Å². The Bertz CT molecular complexity index is 438. The molecule has 4 N–H and O–H groups in total. The summed E-state index contributed by atoms with van der Waals surface area (Å²) >= 11 is 0. The Hall–Kier alpha value is -1.69. The molecule has 0 aliphatic carbocycles. The van der Waals surface area contributed by atoms with Gasteiger partial charge in [-0.2, -0.15) is 0 Å². The van der Waals surface area contributed by atoms with E-state index in [1.165, 1.54) is 0 Å². The predicted molar refractivity (Wildman–Crippen MR) is 64.0 cm³/mol. The zero-order chi connectivity index (χ0) is 13.7. The standard InChI is InChI=1S/C12H16F2N2O2/c1-7(4-5-17)6-16-12(18)10-8(13)2-3-9(15)11(10)14/h2-3,7,17H,4-6,15H2,1H3,(H,16,18). The molecule has 1 rings (SSSR count). The Morgan fingerprint density at radius 2 is 2.17 bits per heavy atom. The highest BCUT2D eigenvalue weighted by molar-refractivity contribution is 5.95. The summed E-state index contributed by atoms with van der Waals surface area (Å²) in [6.07, 6.45) is 0.502. The highest BCUT2D eigenvalue weighted by Crippen LogP contribution is 2.18. The maximum atomic E-state index is 13.5. The lowest BCUT2D eigenvalue weighted by Crippen LogP contribution is -2.30. The molecule has 100 valence electrons. The molecule has 0 bridgehead atoms. The summed E-state index contributed by atoms with van der Waals surface area (Å²) in [6, 6.07) is 2.01. The van der Waals surface area contributed by atoms with Crippen molar-refractivity contribution in [3.05, 3.63) is 29.3 Å². The second-order valence-corrected chi connectivity index (χ2v) is 4.15. The van der Waals surface area contributed by atoms with Crippen molar-refractivity contribution in [2.45, 2.75) is 13.3 Å². The third kappa shape index (κ3) is 3.40. The minimum Gasteiger partial charge on any atom is -0.396 e. The van der Waals surface area contributed by atoms with Crippen LogP contribution in [0.25, 0.3) is 0 Å². The smallest absolute Gasteiger partial charge is 0.257 e. The first-order valence-electron chi connectivity index (χ1n) is 5.60. The van der Waals surface area contributed by atoms with Crippen LogP contribution in [0.5, 0.6) is 0 Å². The third-order valence-electron chi connectivity index (χ3n) is 2.58. The number of benzene rings is 1. The molecule has 6 heteroatoms. The molecule has 0 radical (unpaired) electrons. The van der Waals surface area contributed by atoms with Gasteiger partial charge in [-0.15, -0.1) is 0 Å². The molecule has 0 saturated heterocycles. The lowest BCUT2D eigenvalue weighted by atomic mass is 10.1. The molecule has 0 aromatic heterocycles. The molecule has 1 aromatic carbocycles. The first-order valence-corrected chi connectivity index (χ1v) is 5.60. The fourth-order valence-electron chi connectivity index (χ4n) is 1.45. The Labute approximate surface area is 104 Å². The van der Waals surface area contributed by atoms with Crippen molar-refractivity contribution in [1.29, 1.82) is 0 Å². The van der Waals surface area contributed by atoms with Crippen LogP contribution >= 0.6 is 0 Å². The van der Waals surface area contributed by atoms with Gasteiger partial charge < -0.3 is 16.2 Å². The average molecular weight is 258 g/mol. The highest BCUT2D eigenvalue weighted by Gasteiger charge is 2.19. The van der Waals surface area contributed by atoms with Crippen molar-refractivity contribution < 1.29 is 18.7 Å². The zero-order valence-corrected chi connectivity index (χ0v) is 10.0. The van der Waals surface area contributed by atoms with Gasteiger partial charge in [-0.05, 0) is 24.5 Å². The molecule has 1 atom stereocenters. The number of anilines is 1. The van der Waals surface area contributed by atoms with Gasteiger partial charge in [-0.1, -0.05) is 6.92 Å². The van der Waals surface area contributed by atoms with Crippen molar-refractivity contribution in [2.24, 2.45) is 5.92 Å². The van der Waals surface area contributed by atoms with Gasteiger partial charge in [0.1, 0.15) is 11.4 Å². The van der Waals surface area contributed by atoms with E-state index in [4.69, 9.17) is 10.8 Å². The average Bonchev–Trinajstić information content (AvgIpc) is 2.32. The third-order valence-corrected chi connectivity index (χ3v) is 2.58. The number of aliphatic hydroxyl groups is 1. The van der Waals surface area contributed by atoms with E-state index in [2.05, 4.69) is 5.32 Å². The molecular formula is C12H16F2N2O2. The van der Waals surface area contributed by atoms with E-state index in [9.17, 15) is 13.6 Å². The van der Waals surface area contributed by atoms with Crippen molar-refractivity contribution in [3.63, 3.8) is 0 Å². The maximum Gasteiger partial charge on any atom is 0.257 e.